The topological polar surface area (TPSA) is 31.2 Å². The van der Waals surface area contributed by atoms with Crippen LogP contribution in [-0.2, 0) is 13.0 Å². The maximum absolute atomic E-state index is 11.8. The van der Waals surface area contributed by atoms with Crippen molar-refractivity contribution in [3.8, 4) is 5.75 Å². The van der Waals surface area contributed by atoms with Gasteiger partial charge in [0, 0.05) is 23.2 Å². The Morgan fingerprint density at radius 2 is 2.21 bits per heavy atom. The highest BCUT2D eigenvalue weighted by Crippen LogP contribution is 2.29. The Morgan fingerprint density at radius 3 is 3.05 bits per heavy atom. The van der Waals surface area contributed by atoms with Gasteiger partial charge in [-0.25, -0.2) is 0 Å². The zero-order valence-electron chi connectivity index (χ0n) is 10.6. The van der Waals surface area contributed by atoms with Gasteiger partial charge in [0.15, 0.2) is 0 Å². The third-order valence-corrected chi connectivity index (χ3v) is 3.77. The maximum atomic E-state index is 11.8. The highest BCUT2D eigenvalue weighted by atomic mass is 79.9. The second-order valence-electron chi connectivity index (χ2n) is 4.89. The minimum Gasteiger partial charge on any atom is -0.488 e. The molecule has 3 nitrogen and oxygen atoms in total. The molecule has 0 saturated heterocycles. The largest absolute Gasteiger partial charge is 0.488 e. The third-order valence-electron chi connectivity index (χ3n) is 3.30. The number of halogens is 1. The number of benzene rings is 1. The van der Waals surface area contributed by atoms with Crippen molar-refractivity contribution in [3.63, 3.8) is 0 Å². The quantitative estimate of drug-likeness (QED) is 0.852. The number of hydrogen-bond donors (Lipinski definition) is 0. The van der Waals surface area contributed by atoms with Crippen LogP contribution in [0.25, 0.3) is 0 Å². The van der Waals surface area contributed by atoms with Gasteiger partial charge in [0.2, 0.25) is 0 Å². The maximum Gasteiger partial charge on any atom is 0.250 e. The van der Waals surface area contributed by atoms with Crippen molar-refractivity contribution in [2.24, 2.45) is 0 Å². The summed E-state index contributed by atoms with van der Waals surface area (Å²) >= 11 is 3.38. The molecule has 98 valence electrons. The molecule has 19 heavy (non-hydrogen) atoms. The first kappa shape index (κ1) is 12.5. The Kier molecular flexibility index (Phi) is 3.19. The van der Waals surface area contributed by atoms with Crippen LogP contribution in [0.3, 0.4) is 0 Å². The predicted molar refractivity (Wildman–Crippen MR) is 77.7 cm³/mol. The Hall–Kier alpha value is -1.55. The van der Waals surface area contributed by atoms with Gasteiger partial charge in [-0.1, -0.05) is 17.7 Å². The highest BCUT2D eigenvalue weighted by molar-refractivity contribution is 9.10. The van der Waals surface area contributed by atoms with Gasteiger partial charge in [0.05, 0.1) is 6.54 Å². The SMILES string of the molecule is Cc1ccc2c(c1)CC(Cn1cc(Br)ccc1=O)O2. The van der Waals surface area contributed by atoms with Gasteiger partial charge in [-0.2, -0.15) is 0 Å². The lowest BCUT2D eigenvalue weighted by Crippen LogP contribution is -2.28. The van der Waals surface area contributed by atoms with Crippen LogP contribution in [0.15, 0.2) is 45.8 Å². The molecule has 1 aromatic heterocycles. The number of hydrogen-bond acceptors (Lipinski definition) is 2. The first-order chi connectivity index (χ1) is 9.11. The minimum absolute atomic E-state index is 0.000985. The highest BCUT2D eigenvalue weighted by Gasteiger charge is 2.23. The van der Waals surface area contributed by atoms with Gasteiger partial charge in [-0.05, 0) is 40.5 Å². The lowest BCUT2D eigenvalue weighted by Gasteiger charge is -2.12. The number of fused-ring (bicyclic) bond motifs is 1. The van der Waals surface area contributed by atoms with E-state index < -0.39 is 0 Å². The molecule has 0 amide bonds. The van der Waals surface area contributed by atoms with Crippen LogP contribution in [0, 0.1) is 6.92 Å². The number of aromatic nitrogens is 1. The second kappa shape index (κ2) is 4.85. The number of pyridine rings is 1. The molecule has 0 N–H and O–H groups in total. The molecule has 0 aliphatic carbocycles. The van der Waals surface area contributed by atoms with Crippen LogP contribution >= 0.6 is 15.9 Å². The van der Waals surface area contributed by atoms with Crippen LogP contribution in [0.2, 0.25) is 0 Å². The number of aryl methyl sites for hydroxylation is 1. The number of ether oxygens (including phenoxy) is 1. The molecule has 2 aromatic rings. The van der Waals surface area contributed by atoms with Crippen molar-refractivity contribution in [3.05, 3.63) is 62.5 Å². The van der Waals surface area contributed by atoms with E-state index in [4.69, 9.17) is 4.74 Å². The van der Waals surface area contributed by atoms with E-state index in [2.05, 4.69) is 28.9 Å². The minimum atomic E-state index is -0.000985. The first-order valence-electron chi connectivity index (χ1n) is 6.24. The lowest BCUT2D eigenvalue weighted by atomic mass is 10.1. The summed E-state index contributed by atoms with van der Waals surface area (Å²) in [5, 5.41) is 0. The molecule has 1 aliphatic rings. The van der Waals surface area contributed by atoms with E-state index in [-0.39, 0.29) is 11.7 Å². The number of nitrogens with zero attached hydrogens (tertiary/aromatic N) is 1. The molecule has 1 unspecified atom stereocenters. The molecule has 0 radical (unpaired) electrons. The summed E-state index contributed by atoms with van der Waals surface area (Å²) in [4.78, 5) is 11.8. The van der Waals surface area contributed by atoms with Crippen molar-refractivity contribution in [1.82, 2.24) is 4.57 Å². The standard InChI is InChI=1S/C15H14BrNO2/c1-10-2-4-14-11(6-10)7-13(19-14)9-17-8-12(16)3-5-15(17)18/h2-6,8,13H,7,9H2,1H3. The smallest absolute Gasteiger partial charge is 0.250 e. The summed E-state index contributed by atoms with van der Waals surface area (Å²) in [6.45, 7) is 2.65. The summed E-state index contributed by atoms with van der Waals surface area (Å²) in [6, 6.07) is 9.53. The first-order valence-corrected chi connectivity index (χ1v) is 7.03. The third kappa shape index (κ3) is 2.59. The lowest BCUT2D eigenvalue weighted by molar-refractivity contribution is 0.207. The molecule has 1 aromatic carbocycles. The molecule has 1 atom stereocenters. The van der Waals surface area contributed by atoms with Crippen LogP contribution in [-0.4, -0.2) is 10.7 Å². The van der Waals surface area contributed by atoms with Crippen LogP contribution in [0.4, 0.5) is 0 Å². The van der Waals surface area contributed by atoms with Crippen LogP contribution in [0.1, 0.15) is 11.1 Å². The van der Waals surface area contributed by atoms with Crippen molar-refractivity contribution in [1.29, 1.82) is 0 Å². The van der Waals surface area contributed by atoms with Crippen molar-refractivity contribution in [2.45, 2.75) is 26.0 Å². The van der Waals surface area contributed by atoms with E-state index in [0.717, 1.165) is 16.6 Å². The fourth-order valence-corrected chi connectivity index (χ4v) is 2.79. The van der Waals surface area contributed by atoms with E-state index >= 15 is 0 Å². The van der Waals surface area contributed by atoms with Crippen LogP contribution in [0.5, 0.6) is 5.75 Å². The molecule has 0 spiro atoms. The molecule has 0 saturated carbocycles. The number of rotatable bonds is 2. The van der Waals surface area contributed by atoms with E-state index in [1.165, 1.54) is 11.1 Å². The Labute approximate surface area is 120 Å². The molecule has 4 heteroatoms. The average Bonchev–Trinajstić information content (AvgIpc) is 2.75. The second-order valence-corrected chi connectivity index (χ2v) is 5.81. The van der Waals surface area contributed by atoms with E-state index in [0.29, 0.717) is 6.54 Å². The zero-order valence-corrected chi connectivity index (χ0v) is 12.2. The molecule has 2 heterocycles. The van der Waals surface area contributed by atoms with Gasteiger partial charge in [0.1, 0.15) is 11.9 Å². The summed E-state index contributed by atoms with van der Waals surface area (Å²) in [7, 11) is 0. The van der Waals surface area contributed by atoms with E-state index in [9.17, 15) is 4.79 Å². The van der Waals surface area contributed by atoms with Gasteiger partial charge in [0.25, 0.3) is 5.56 Å². The van der Waals surface area contributed by atoms with Crippen molar-refractivity contribution in [2.75, 3.05) is 0 Å². The van der Waals surface area contributed by atoms with Crippen molar-refractivity contribution < 1.29 is 4.74 Å². The van der Waals surface area contributed by atoms with Gasteiger partial charge in [-0.3, -0.25) is 4.79 Å². The monoisotopic (exact) mass is 319 g/mol. The normalized spacial score (nSPS) is 17.1. The van der Waals surface area contributed by atoms with Crippen LogP contribution < -0.4 is 10.3 Å². The average molecular weight is 320 g/mol. The van der Waals surface area contributed by atoms with Gasteiger partial charge >= 0.3 is 0 Å². The molecular weight excluding hydrogens is 306 g/mol. The predicted octanol–water partition coefficient (Wildman–Crippen LogP) is 2.92. The van der Waals surface area contributed by atoms with Gasteiger partial charge < -0.3 is 9.30 Å². The molecular formula is C15H14BrNO2. The summed E-state index contributed by atoms with van der Waals surface area (Å²) in [6.07, 6.45) is 2.69. The summed E-state index contributed by atoms with van der Waals surface area (Å²) < 4.78 is 8.48. The van der Waals surface area contributed by atoms with E-state index in [1.807, 2.05) is 12.1 Å². The fraction of sp³-hybridized carbons (Fsp3) is 0.267. The van der Waals surface area contributed by atoms with Crippen molar-refractivity contribution >= 4 is 15.9 Å². The molecule has 0 bridgehead atoms. The Bertz CT molecular complexity index is 678. The fourth-order valence-electron chi connectivity index (χ4n) is 2.42. The summed E-state index contributed by atoms with van der Waals surface area (Å²) in [5.74, 6) is 0.943. The Balaban J connectivity index is 1.80. The molecule has 0 fully saturated rings. The van der Waals surface area contributed by atoms with Gasteiger partial charge in [-0.15, -0.1) is 0 Å². The Morgan fingerprint density at radius 1 is 1.37 bits per heavy atom. The summed E-state index contributed by atoms with van der Waals surface area (Å²) in [5.41, 5.74) is 2.47. The zero-order chi connectivity index (χ0) is 13.4. The molecule has 1 aliphatic heterocycles. The van der Waals surface area contributed by atoms with E-state index in [1.54, 1.807) is 22.9 Å². The molecule has 3 rings (SSSR count).